The predicted molar refractivity (Wildman–Crippen MR) is 71.4 cm³/mol. The summed E-state index contributed by atoms with van der Waals surface area (Å²) in [6, 6.07) is 9.96. The van der Waals surface area contributed by atoms with Crippen molar-refractivity contribution in [3.05, 3.63) is 35.9 Å². The van der Waals surface area contributed by atoms with E-state index in [1.165, 1.54) is 5.56 Å². The van der Waals surface area contributed by atoms with Crippen molar-refractivity contribution < 1.29 is 9.90 Å². The van der Waals surface area contributed by atoms with Gasteiger partial charge in [0.15, 0.2) is 0 Å². The molecule has 0 saturated heterocycles. The van der Waals surface area contributed by atoms with Crippen molar-refractivity contribution in [2.24, 2.45) is 5.92 Å². The Bertz CT molecular complexity index is 354. The zero-order valence-electron chi connectivity index (χ0n) is 10.7. The first kappa shape index (κ1) is 13.8. The van der Waals surface area contributed by atoms with Crippen molar-refractivity contribution in [1.82, 2.24) is 5.23 Å². The molecule has 92 valence electrons. The van der Waals surface area contributed by atoms with Gasteiger partial charge in [0, 0.05) is 6.04 Å². The molecule has 1 rings (SSSR count). The minimum atomic E-state index is -0.751. The minimum absolute atomic E-state index is 0.0325. The van der Waals surface area contributed by atoms with Crippen LogP contribution in [0.15, 0.2) is 30.3 Å². The fourth-order valence-corrected chi connectivity index (χ4v) is 1.85. The normalized spacial score (nSPS) is 14.1. The summed E-state index contributed by atoms with van der Waals surface area (Å²) < 4.78 is 0. The Labute approximate surface area is 103 Å². The first-order valence-corrected chi connectivity index (χ1v) is 6.03. The van der Waals surface area contributed by atoms with Gasteiger partial charge in [-0.25, -0.2) is 0 Å². The highest BCUT2D eigenvalue weighted by Gasteiger charge is 2.24. The molecule has 1 unspecified atom stereocenters. The second kappa shape index (κ2) is 6.45. The van der Waals surface area contributed by atoms with Gasteiger partial charge in [-0.15, -0.1) is 0 Å². The smallest absolute Gasteiger partial charge is 0.307 e. The molecule has 2 atom stereocenters. The minimum Gasteiger partial charge on any atom is -0.481 e. The first-order valence-electron chi connectivity index (χ1n) is 6.03. The third-order valence-corrected chi connectivity index (χ3v) is 2.84. The topological polar surface area (TPSA) is 49.3 Å². The van der Waals surface area contributed by atoms with Crippen LogP contribution in [0.2, 0.25) is 13.6 Å². The molecular weight excluding hydrogens is 213 g/mol. The van der Waals surface area contributed by atoms with Crippen molar-refractivity contribution in [2.75, 3.05) is 0 Å². The van der Waals surface area contributed by atoms with E-state index in [0.717, 1.165) is 6.42 Å². The molecule has 0 aliphatic rings. The molecule has 17 heavy (non-hydrogen) atoms. The first-order chi connectivity index (χ1) is 8.00. The standard InChI is InChI=1S/C13H20BNO2/c1-10(13(16)17)12(15-14(2)3)9-11-7-5-4-6-8-11/h4-8,10,12,15H,9H2,1-3H3,(H,16,17)/t10?,12-/m0/s1. The van der Waals surface area contributed by atoms with Crippen LogP contribution in [0.1, 0.15) is 12.5 Å². The third-order valence-electron chi connectivity index (χ3n) is 2.84. The number of nitrogens with one attached hydrogen (secondary N) is 1. The van der Waals surface area contributed by atoms with E-state index in [1.807, 2.05) is 44.0 Å². The molecule has 0 aliphatic heterocycles. The average molecular weight is 233 g/mol. The van der Waals surface area contributed by atoms with Crippen LogP contribution in [-0.2, 0) is 11.2 Å². The quantitative estimate of drug-likeness (QED) is 0.740. The maximum atomic E-state index is 11.1. The molecule has 0 radical (unpaired) electrons. The SMILES string of the molecule is CB(C)N[C@@H](Cc1ccccc1)C(C)C(=O)O. The van der Waals surface area contributed by atoms with Gasteiger partial charge in [0.2, 0.25) is 6.85 Å². The zero-order valence-corrected chi connectivity index (χ0v) is 10.7. The molecule has 1 aromatic carbocycles. The van der Waals surface area contributed by atoms with Gasteiger partial charge in [0.05, 0.1) is 5.92 Å². The lowest BCUT2D eigenvalue weighted by Crippen LogP contribution is -2.45. The molecular formula is C13H20BNO2. The van der Waals surface area contributed by atoms with E-state index in [9.17, 15) is 4.79 Å². The number of hydrogen-bond acceptors (Lipinski definition) is 2. The summed E-state index contributed by atoms with van der Waals surface area (Å²) in [6.07, 6.45) is 0.743. The predicted octanol–water partition coefficient (Wildman–Crippen LogP) is 2.16. The van der Waals surface area contributed by atoms with Crippen molar-refractivity contribution in [2.45, 2.75) is 33.0 Å². The number of carboxylic acids is 1. The lowest BCUT2D eigenvalue weighted by Gasteiger charge is -2.24. The Balaban J connectivity index is 2.73. The molecule has 0 bridgehead atoms. The summed E-state index contributed by atoms with van der Waals surface area (Å²) in [5, 5.41) is 12.4. The molecule has 1 aromatic rings. The molecule has 0 aromatic heterocycles. The number of carbonyl (C=O) groups is 1. The number of hydrogen-bond donors (Lipinski definition) is 2. The van der Waals surface area contributed by atoms with Crippen LogP contribution in [-0.4, -0.2) is 24.0 Å². The van der Waals surface area contributed by atoms with Gasteiger partial charge < -0.3 is 10.3 Å². The van der Waals surface area contributed by atoms with Gasteiger partial charge >= 0.3 is 5.97 Å². The molecule has 4 heteroatoms. The fraction of sp³-hybridized carbons (Fsp3) is 0.462. The molecule has 0 spiro atoms. The second-order valence-corrected chi connectivity index (χ2v) is 4.74. The Hall–Kier alpha value is -1.29. The van der Waals surface area contributed by atoms with Gasteiger partial charge in [0.25, 0.3) is 0 Å². The van der Waals surface area contributed by atoms with Crippen LogP contribution in [0.25, 0.3) is 0 Å². The Morgan fingerprint density at radius 1 is 1.35 bits per heavy atom. The summed E-state index contributed by atoms with van der Waals surface area (Å²) >= 11 is 0. The van der Waals surface area contributed by atoms with Crippen molar-refractivity contribution in [3.8, 4) is 0 Å². The lowest BCUT2D eigenvalue weighted by atomic mass is 9.67. The second-order valence-electron chi connectivity index (χ2n) is 4.74. The summed E-state index contributed by atoms with van der Waals surface area (Å²) in [6.45, 7) is 6.11. The zero-order chi connectivity index (χ0) is 12.8. The van der Waals surface area contributed by atoms with Crippen molar-refractivity contribution in [1.29, 1.82) is 0 Å². The van der Waals surface area contributed by atoms with E-state index >= 15 is 0 Å². The van der Waals surface area contributed by atoms with Gasteiger partial charge in [0.1, 0.15) is 0 Å². The van der Waals surface area contributed by atoms with Gasteiger partial charge in [-0.3, -0.25) is 4.79 Å². The van der Waals surface area contributed by atoms with Crippen molar-refractivity contribution in [3.63, 3.8) is 0 Å². The Kier molecular flexibility index (Phi) is 5.23. The maximum absolute atomic E-state index is 11.1. The summed E-state index contributed by atoms with van der Waals surface area (Å²) in [4.78, 5) is 11.1. The monoisotopic (exact) mass is 233 g/mol. The van der Waals surface area contributed by atoms with E-state index in [4.69, 9.17) is 5.11 Å². The molecule has 0 aliphatic carbocycles. The molecule has 0 saturated carbocycles. The van der Waals surface area contributed by atoms with Gasteiger partial charge in [-0.2, -0.15) is 0 Å². The van der Waals surface area contributed by atoms with E-state index in [0.29, 0.717) is 0 Å². The number of carboxylic acid groups (broad SMARTS) is 1. The van der Waals surface area contributed by atoms with Gasteiger partial charge in [-0.05, 0) is 12.0 Å². The molecule has 0 heterocycles. The number of aliphatic carboxylic acids is 1. The Morgan fingerprint density at radius 3 is 2.41 bits per heavy atom. The lowest BCUT2D eigenvalue weighted by molar-refractivity contribution is -0.141. The van der Waals surface area contributed by atoms with Crippen LogP contribution < -0.4 is 5.23 Å². The Morgan fingerprint density at radius 2 is 1.94 bits per heavy atom. The average Bonchev–Trinajstić information content (AvgIpc) is 2.28. The van der Waals surface area contributed by atoms with E-state index in [1.54, 1.807) is 6.92 Å². The number of rotatable bonds is 6. The highest BCUT2D eigenvalue weighted by atomic mass is 16.4. The molecule has 3 nitrogen and oxygen atoms in total. The maximum Gasteiger partial charge on any atom is 0.307 e. The molecule has 2 N–H and O–H groups in total. The van der Waals surface area contributed by atoms with E-state index < -0.39 is 11.9 Å². The van der Waals surface area contributed by atoms with Crippen LogP contribution in [0.4, 0.5) is 0 Å². The van der Waals surface area contributed by atoms with E-state index in [-0.39, 0.29) is 12.9 Å². The summed E-state index contributed by atoms with van der Waals surface area (Å²) in [5.41, 5.74) is 1.17. The van der Waals surface area contributed by atoms with Crippen LogP contribution in [0.5, 0.6) is 0 Å². The highest BCUT2D eigenvalue weighted by Crippen LogP contribution is 2.11. The third kappa shape index (κ3) is 4.61. The van der Waals surface area contributed by atoms with Crippen LogP contribution >= 0.6 is 0 Å². The largest absolute Gasteiger partial charge is 0.481 e. The van der Waals surface area contributed by atoms with E-state index in [2.05, 4.69) is 5.23 Å². The fourth-order valence-electron chi connectivity index (χ4n) is 1.85. The number of benzene rings is 1. The van der Waals surface area contributed by atoms with Crippen LogP contribution in [0, 0.1) is 5.92 Å². The molecule has 0 fully saturated rings. The van der Waals surface area contributed by atoms with Crippen LogP contribution in [0.3, 0.4) is 0 Å². The highest BCUT2D eigenvalue weighted by molar-refractivity contribution is 6.52. The summed E-state index contributed by atoms with van der Waals surface area (Å²) in [5.74, 6) is -1.14. The van der Waals surface area contributed by atoms with Gasteiger partial charge in [-0.1, -0.05) is 50.9 Å². The van der Waals surface area contributed by atoms with Crippen molar-refractivity contribution >= 4 is 12.8 Å². The molecule has 0 amide bonds. The summed E-state index contributed by atoms with van der Waals surface area (Å²) in [7, 11) is 0.